The number of aliphatic hydroxyl groups excluding tert-OH is 1. The minimum atomic E-state index is -5.91. The molecule has 0 heterocycles. The van der Waals surface area contributed by atoms with Gasteiger partial charge >= 0.3 is 5.51 Å². The maximum atomic E-state index is 13.9. The van der Waals surface area contributed by atoms with E-state index in [-0.39, 0.29) is 12.4 Å². The second-order valence-electron chi connectivity index (χ2n) is 5.63. The van der Waals surface area contributed by atoms with E-state index in [0.29, 0.717) is 6.07 Å². The van der Waals surface area contributed by atoms with Crippen molar-refractivity contribution >= 4 is 9.84 Å². The van der Waals surface area contributed by atoms with Crippen LogP contribution in [0, 0.1) is 0 Å². The quantitative estimate of drug-likeness (QED) is 0.783. The Hall–Kier alpha value is -1.46. The Labute approximate surface area is 140 Å². The first kappa shape index (κ1) is 19.9. The zero-order chi connectivity index (χ0) is 19.2. The molecule has 5 nitrogen and oxygen atoms in total. The van der Waals surface area contributed by atoms with Crippen LogP contribution in [0.25, 0.3) is 0 Å². The van der Waals surface area contributed by atoms with Crippen LogP contribution in [0.4, 0.5) is 22.0 Å². The lowest BCUT2D eigenvalue weighted by Gasteiger charge is -2.19. The van der Waals surface area contributed by atoms with Crippen LogP contribution in [0.15, 0.2) is 17.0 Å². The van der Waals surface area contributed by atoms with E-state index in [1.165, 1.54) is 14.0 Å². The fourth-order valence-electron chi connectivity index (χ4n) is 2.60. The van der Waals surface area contributed by atoms with Crippen LogP contribution in [0.3, 0.4) is 0 Å². The smallest absolute Gasteiger partial charge is 0.488 e. The molecule has 142 valence electrons. The van der Waals surface area contributed by atoms with Crippen molar-refractivity contribution in [1.29, 1.82) is 0 Å². The van der Waals surface area contributed by atoms with Crippen LogP contribution < -0.4 is 4.74 Å². The summed E-state index contributed by atoms with van der Waals surface area (Å²) in [6.07, 6.45) is -4.46. The Morgan fingerprint density at radius 1 is 1.36 bits per heavy atom. The van der Waals surface area contributed by atoms with Crippen LogP contribution in [-0.4, -0.2) is 44.8 Å². The van der Waals surface area contributed by atoms with Gasteiger partial charge in [0.25, 0.3) is 15.8 Å². The molecule has 2 unspecified atom stereocenters. The molecule has 2 rings (SSSR count). The van der Waals surface area contributed by atoms with Gasteiger partial charge in [0, 0.05) is 24.7 Å². The van der Waals surface area contributed by atoms with Gasteiger partial charge in [-0.25, -0.2) is 17.2 Å². The van der Waals surface area contributed by atoms with E-state index < -0.39 is 55.9 Å². The fourth-order valence-corrected chi connectivity index (χ4v) is 3.62. The zero-order valence-electron chi connectivity index (χ0n) is 13.1. The molecular weight excluding hydrogens is 375 g/mol. The lowest BCUT2D eigenvalue weighted by atomic mass is 10.1. The van der Waals surface area contributed by atoms with Gasteiger partial charge in [-0.3, -0.25) is 0 Å². The first-order chi connectivity index (χ1) is 11.3. The van der Waals surface area contributed by atoms with E-state index in [4.69, 9.17) is 9.47 Å². The molecule has 0 radical (unpaired) electrons. The van der Waals surface area contributed by atoms with Crippen LogP contribution >= 0.6 is 0 Å². The van der Waals surface area contributed by atoms with Crippen molar-refractivity contribution in [2.75, 3.05) is 13.7 Å². The second kappa shape index (κ2) is 6.36. The largest absolute Gasteiger partial charge is 0.501 e. The third-order valence-electron chi connectivity index (χ3n) is 3.68. The molecule has 1 aromatic carbocycles. The van der Waals surface area contributed by atoms with Gasteiger partial charge in [-0.05, 0) is 19.1 Å². The third kappa shape index (κ3) is 3.44. The average Bonchev–Trinajstić information content (AvgIpc) is 2.70. The van der Waals surface area contributed by atoms with Crippen LogP contribution in [0.5, 0.6) is 5.75 Å². The van der Waals surface area contributed by atoms with Gasteiger partial charge in [0.15, 0.2) is 0 Å². The lowest BCUT2D eigenvalue weighted by molar-refractivity contribution is -0.0979. The lowest BCUT2D eigenvalue weighted by Crippen LogP contribution is -2.26. The molecule has 0 saturated carbocycles. The van der Waals surface area contributed by atoms with E-state index in [0.717, 1.165) is 6.07 Å². The van der Waals surface area contributed by atoms with Crippen molar-refractivity contribution in [2.24, 2.45) is 0 Å². The first-order valence-corrected chi connectivity index (χ1v) is 8.50. The van der Waals surface area contributed by atoms with Crippen molar-refractivity contribution in [3.05, 3.63) is 23.3 Å². The standard InChI is InChI=1S/C14H15F5O5S/c1-7(6-23-2)24-9-3-4-10(25(21,22)14(17,18)19)11-8(9)5-13(15,16)12(11)20/h3-4,7,12,20H,5-6H2,1-2H3. The number of rotatable bonds is 5. The highest BCUT2D eigenvalue weighted by atomic mass is 32.2. The Bertz CT molecular complexity index is 760. The Morgan fingerprint density at radius 3 is 2.48 bits per heavy atom. The Balaban J connectivity index is 2.63. The van der Waals surface area contributed by atoms with Gasteiger partial charge in [0.1, 0.15) is 18.0 Å². The third-order valence-corrected chi connectivity index (χ3v) is 5.23. The van der Waals surface area contributed by atoms with Crippen molar-refractivity contribution in [3.63, 3.8) is 0 Å². The van der Waals surface area contributed by atoms with Crippen molar-refractivity contribution in [2.45, 2.75) is 41.9 Å². The highest BCUT2D eigenvalue weighted by Gasteiger charge is 2.55. The Kier molecular flexibility index (Phi) is 5.05. The molecule has 0 saturated heterocycles. The summed E-state index contributed by atoms with van der Waals surface area (Å²) in [6, 6.07) is 1.39. The predicted octanol–water partition coefficient (Wildman–Crippen LogP) is 2.62. The molecule has 2 atom stereocenters. The molecule has 0 aromatic heterocycles. The molecule has 0 bridgehead atoms. The summed E-state index contributed by atoms with van der Waals surface area (Å²) in [5.41, 5.74) is -7.14. The summed E-state index contributed by atoms with van der Waals surface area (Å²) in [6.45, 7) is 1.59. The van der Waals surface area contributed by atoms with Crippen molar-refractivity contribution < 1.29 is 45.0 Å². The Morgan fingerprint density at radius 2 is 1.96 bits per heavy atom. The molecular formula is C14H15F5O5S. The van der Waals surface area contributed by atoms with Crippen LogP contribution in [0.2, 0.25) is 0 Å². The summed E-state index contributed by atoms with van der Waals surface area (Å²) in [7, 11) is -4.55. The summed E-state index contributed by atoms with van der Waals surface area (Å²) in [4.78, 5) is -1.40. The highest BCUT2D eigenvalue weighted by molar-refractivity contribution is 7.92. The van der Waals surface area contributed by atoms with Crippen LogP contribution in [0.1, 0.15) is 24.2 Å². The van der Waals surface area contributed by atoms with Crippen molar-refractivity contribution in [1.82, 2.24) is 0 Å². The van der Waals surface area contributed by atoms with Crippen molar-refractivity contribution in [3.8, 4) is 5.75 Å². The molecule has 1 aliphatic rings. The van der Waals surface area contributed by atoms with E-state index in [9.17, 15) is 35.5 Å². The van der Waals surface area contributed by atoms with Gasteiger partial charge in [0.2, 0.25) is 0 Å². The van der Waals surface area contributed by atoms with Gasteiger partial charge in [0.05, 0.1) is 11.5 Å². The van der Waals surface area contributed by atoms with Gasteiger partial charge in [-0.2, -0.15) is 13.2 Å². The van der Waals surface area contributed by atoms with Crippen LogP contribution in [-0.2, 0) is 21.0 Å². The number of sulfone groups is 1. The second-order valence-corrected chi connectivity index (χ2v) is 7.54. The van der Waals surface area contributed by atoms with Gasteiger partial charge in [-0.15, -0.1) is 0 Å². The topological polar surface area (TPSA) is 72.8 Å². The summed E-state index contributed by atoms with van der Waals surface area (Å²) >= 11 is 0. The van der Waals surface area contributed by atoms with E-state index in [2.05, 4.69) is 0 Å². The number of fused-ring (bicyclic) bond motifs is 1. The molecule has 1 aliphatic carbocycles. The molecule has 0 amide bonds. The summed E-state index contributed by atoms with van der Waals surface area (Å²) in [5.74, 6) is -4.04. The number of hydrogen-bond donors (Lipinski definition) is 1. The molecule has 1 N–H and O–H groups in total. The number of aliphatic hydroxyl groups is 1. The number of ether oxygens (including phenoxy) is 2. The maximum Gasteiger partial charge on any atom is 0.501 e. The normalized spacial score (nSPS) is 21.0. The first-order valence-electron chi connectivity index (χ1n) is 7.01. The molecule has 0 aliphatic heterocycles. The number of hydrogen-bond acceptors (Lipinski definition) is 5. The average molecular weight is 390 g/mol. The minimum Gasteiger partial charge on any atom is -0.488 e. The van der Waals surface area contributed by atoms with Gasteiger partial charge < -0.3 is 14.6 Å². The number of benzene rings is 1. The number of halogens is 5. The summed E-state index contributed by atoms with van der Waals surface area (Å²) < 4.78 is 99.6. The minimum absolute atomic E-state index is 0.0658. The maximum absolute atomic E-state index is 13.9. The predicted molar refractivity (Wildman–Crippen MR) is 75.3 cm³/mol. The molecule has 0 spiro atoms. The fraction of sp³-hybridized carbons (Fsp3) is 0.571. The molecule has 1 aromatic rings. The summed E-state index contributed by atoms with van der Waals surface area (Å²) in [5, 5.41) is 9.72. The van der Waals surface area contributed by atoms with E-state index in [1.54, 1.807) is 0 Å². The highest BCUT2D eigenvalue weighted by Crippen LogP contribution is 2.50. The number of alkyl halides is 5. The molecule has 25 heavy (non-hydrogen) atoms. The monoisotopic (exact) mass is 390 g/mol. The number of methoxy groups -OCH3 is 1. The van der Waals surface area contributed by atoms with E-state index >= 15 is 0 Å². The zero-order valence-corrected chi connectivity index (χ0v) is 13.9. The van der Waals surface area contributed by atoms with E-state index in [1.807, 2.05) is 0 Å². The molecule has 11 heteroatoms. The molecule has 0 fully saturated rings. The van der Waals surface area contributed by atoms with Gasteiger partial charge in [-0.1, -0.05) is 0 Å². The SMILES string of the molecule is COCC(C)Oc1ccc(S(=O)(=O)C(F)(F)F)c2c1CC(F)(F)C2O.